The van der Waals surface area contributed by atoms with Crippen molar-refractivity contribution in [3.63, 3.8) is 0 Å². The van der Waals surface area contributed by atoms with Crippen molar-refractivity contribution in [2.24, 2.45) is 17.8 Å². The van der Waals surface area contributed by atoms with Gasteiger partial charge in [-0.05, 0) is 37.5 Å². The van der Waals surface area contributed by atoms with Crippen LogP contribution in [0, 0.1) is 17.8 Å². The number of hydrogen-bond donors (Lipinski definition) is 1. The largest absolute Gasteiger partial charge is 0.481 e. The van der Waals surface area contributed by atoms with E-state index in [0.717, 1.165) is 24.7 Å². The van der Waals surface area contributed by atoms with Crippen molar-refractivity contribution < 1.29 is 9.90 Å². The van der Waals surface area contributed by atoms with E-state index in [2.05, 4.69) is 0 Å². The fraction of sp³-hybridized carbons (Fsp3) is 0.875. The van der Waals surface area contributed by atoms with E-state index in [9.17, 15) is 4.79 Å². The zero-order valence-electron chi connectivity index (χ0n) is 5.92. The van der Waals surface area contributed by atoms with Crippen LogP contribution in [0.15, 0.2) is 0 Å². The van der Waals surface area contributed by atoms with E-state index < -0.39 is 5.97 Å². The van der Waals surface area contributed by atoms with Gasteiger partial charge in [-0.1, -0.05) is 0 Å². The Hall–Kier alpha value is -0.530. The molecule has 0 aromatic heterocycles. The molecule has 0 heterocycles. The van der Waals surface area contributed by atoms with Gasteiger partial charge in [-0.2, -0.15) is 0 Å². The van der Waals surface area contributed by atoms with Crippen molar-refractivity contribution in [2.75, 3.05) is 0 Å². The van der Waals surface area contributed by atoms with E-state index in [0.29, 0.717) is 0 Å². The molecule has 10 heavy (non-hydrogen) atoms. The highest BCUT2D eigenvalue weighted by atomic mass is 16.4. The number of carboxylic acid groups (broad SMARTS) is 1. The number of carboxylic acids is 1. The Bertz CT molecular complexity index is 149. The van der Waals surface area contributed by atoms with E-state index >= 15 is 0 Å². The molecule has 0 aromatic carbocycles. The molecule has 0 radical (unpaired) electrons. The van der Waals surface area contributed by atoms with Gasteiger partial charge in [-0.25, -0.2) is 0 Å². The van der Waals surface area contributed by atoms with Gasteiger partial charge in [-0.3, -0.25) is 4.79 Å². The standard InChI is InChI=1S/C8H12O2/c9-8(10)7-3-5-1-6(2-5)4-7/h5-7H,1-4H2,(H,9,10). The van der Waals surface area contributed by atoms with E-state index in [4.69, 9.17) is 5.11 Å². The Kier molecular flexibility index (Phi) is 1.22. The van der Waals surface area contributed by atoms with Crippen LogP contribution in [0.4, 0.5) is 0 Å². The quantitative estimate of drug-likeness (QED) is 0.599. The van der Waals surface area contributed by atoms with Gasteiger partial charge < -0.3 is 5.11 Å². The minimum absolute atomic E-state index is 0.00231. The fourth-order valence-electron chi connectivity index (χ4n) is 2.36. The Morgan fingerprint density at radius 1 is 1.10 bits per heavy atom. The van der Waals surface area contributed by atoms with Gasteiger partial charge >= 0.3 is 5.97 Å². The summed E-state index contributed by atoms with van der Waals surface area (Å²) in [6.07, 6.45) is 4.52. The van der Waals surface area contributed by atoms with Crippen molar-refractivity contribution >= 4 is 5.97 Å². The third-order valence-electron chi connectivity index (χ3n) is 2.92. The first kappa shape index (κ1) is 6.20. The summed E-state index contributed by atoms with van der Waals surface area (Å²) in [6.45, 7) is 0. The SMILES string of the molecule is O=C(O)C1CC2CC(C2)C1. The molecule has 3 fully saturated rings. The lowest BCUT2D eigenvalue weighted by Gasteiger charge is -2.43. The molecule has 3 rings (SSSR count). The molecule has 0 aliphatic heterocycles. The summed E-state index contributed by atoms with van der Waals surface area (Å²) in [4.78, 5) is 10.5. The lowest BCUT2D eigenvalue weighted by molar-refractivity contribution is -0.146. The van der Waals surface area contributed by atoms with E-state index in [1.807, 2.05) is 0 Å². The molecule has 0 amide bonds. The van der Waals surface area contributed by atoms with Crippen LogP contribution < -0.4 is 0 Å². The summed E-state index contributed by atoms with van der Waals surface area (Å²) in [5, 5.41) is 8.68. The predicted molar refractivity (Wildman–Crippen MR) is 36.6 cm³/mol. The van der Waals surface area contributed by atoms with Crippen LogP contribution in [-0.4, -0.2) is 11.1 Å². The lowest BCUT2D eigenvalue weighted by atomic mass is 9.61. The average Bonchev–Trinajstić information content (AvgIpc) is 1.86. The molecule has 0 spiro atoms. The first-order valence-corrected chi connectivity index (χ1v) is 3.98. The van der Waals surface area contributed by atoms with Gasteiger partial charge in [0.1, 0.15) is 0 Å². The van der Waals surface area contributed by atoms with Crippen LogP contribution in [0.1, 0.15) is 25.7 Å². The van der Waals surface area contributed by atoms with Crippen molar-refractivity contribution in [1.82, 2.24) is 0 Å². The predicted octanol–water partition coefficient (Wildman–Crippen LogP) is 1.51. The highest BCUT2D eigenvalue weighted by Gasteiger charge is 2.40. The molecule has 0 atom stereocenters. The van der Waals surface area contributed by atoms with Crippen molar-refractivity contribution in [3.05, 3.63) is 0 Å². The highest BCUT2D eigenvalue weighted by molar-refractivity contribution is 5.70. The summed E-state index contributed by atoms with van der Waals surface area (Å²) in [5.41, 5.74) is 0. The summed E-state index contributed by atoms with van der Waals surface area (Å²) in [5.74, 6) is 0.951. The first-order chi connectivity index (χ1) is 4.75. The van der Waals surface area contributed by atoms with E-state index in [-0.39, 0.29) is 5.92 Å². The topological polar surface area (TPSA) is 37.3 Å². The smallest absolute Gasteiger partial charge is 0.306 e. The van der Waals surface area contributed by atoms with Crippen molar-refractivity contribution in [1.29, 1.82) is 0 Å². The van der Waals surface area contributed by atoms with E-state index in [1.54, 1.807) is 0 Å². The number of rotatable bonds is 1. The number of fused-ring (bicyclic) bond motifs is 2. The zero-order valence-corrected chi connectivity index (χ0v) is 5.92. The Labute approximate surface area is 60.2 Å². The van der Waals surface area contributed by atoms with Crippen LogP contribution in [0.25, 0.3) is 0 Å². The maximum absolute atomic E-state index is 10.5. The molecule has 3 saturated carbocycles. The maximum atomic E-state index is 10.5. The van der Waals surface area contributed by atoms with Gasteiger partial charge in [0.2, 0.25) is 0 Å². The highest BCUT2D eigenvalue weighted by Crippen LogP contribution is 2.47. The molecule has 3 aliphatic carbocycles. The van der Waals surface area contributed by atoms with Gasteiger partial charge in [0.15, 0.2) is 0 Å². The first-order valence-electron chi connectivity index (χ1n) is 3.98. The molecular formula is C8H12O2. The molecular weight excluding hydrogens is 128 g/mol. The summed E-state index contributed by atoms with van der Waals surface area (Å²) in [7, 11) is 0. The number of aliphatic carboxylic acids is 1. The van der Waals surface area contributed by atoms with Crippen LogP contribution >= 0.6 is 0 Å². The molecule has 2 bridgehead atoms. The fourth-order valence-corrected chi connectivity index (χ4v) is 2.36. The summed E-state index contributed by atoms with van der Waals surface area (Å²) in [6, 6.07) is 0. The lowest BCUT2D eigenvalue weighted by Crippen LogP contribution is -2.37. The van der Waals surface area contributed by atoms with Crippen LogP contribution in [0.3, 0.4) is 0 Å². The van der Waals surface area contributed by atoms with Crippen LogP contribution in [0.5, 0.6) is 0 Å². The molecule has 1 N–H and O–H groups in total. The molecule has 3 aliphatic rings. The minimum atomic E-state index is -0.575. The molecule has 0 unspecified atom stereocenters. The van der Waals surface area contributed by atoms with Gasteiger partial charge in [0, 0.05) is 0 Å². The second-order valence-corrected chi connectivity index (χ2v) is 3.71. The third kappa shape index (κ3) is 0.825. The van der Waals surface area contributed by atoms with Gasteiger partial charge in [-0.15, -0.1) is 0 Å². The van der Waals surface area contributed by atoms with E-state index in [1.165, 1.54) is 12.8 Å². The van der Waals surface area contributed by atoms with Crippen molar-refractivity contribution in [3.8, 4) is 0 Å². The molecule has 0 aromatic rings. The van der Waals surface area contributed by atoms with Gasteiger partial charge in [0.25, 0.3) is 0 Å². The monoisotopic (exact) mass is 140 g/mol. The average molecular weight is 140 g/mol. The van der Waals surface area contributed by atoms with Gasteiger partial charge in [0.05, 0.1) is 5.92 Å². The maximum Gasteiger partial charge on any atom is 0.306 e. The molecule has 2 heteroatoms. The Morgan fingerprint density at radius 3 is 1.90 bits per heavy atom. The van der Waals surface area contributed by atoms with Crippen molar-refractivity contribution in [2.45, 2.75) is 25.7 Å². The van der Waals surface area contributed by atoms with Crippen LogP contribution in [0.2, 0.25) is 0 Å². The number of carbonyl (C=O) groups is 1. The third-order valence-corrected chi connectivity index (χ3v) is 2.92. The second-order valence-electron chi connectivity index (χ2n) is 3.71. The Balaban J connectivity index is 1.97. The molecule has 56 valence electrons. The summed E-state index contributed by atoms with van der Waals surface area (Å²) >= 11 is 0. The summed E-state index contributed by atoms with van der Waals surface area (Å²) < 4.78 is 0. The molecule has 2 nitrogen and oxygen atoms in total. The Morgan fingerprint density at radius 2 is 1.60 bits per heavy atom. The zero-order chi connectivity index (χ0) is 7.14. The molecule has 0 saturated heterocycles. The minimum Gasteiger partial charge on any atom is -0.481 e. The second kappa shape index (κ2) is 1.97. The normalized spacial score (nSPS) is 44.2. The van der Waals surface area contributed by atoms with Crippen LogP contribution in [-0.2, 0) is 4.79 Å². The number of hydrogen-bond acceptors (Lipinski definition) is 1.